The van der Waals surface area contributed by atoms with Crippen LogP contribution in [0.1, 0.15) is 23.7 Å². The van der Waals surface area contributed by atoms with Crippen molar-refractivity contribution in [1.29, 1.82) is 0 Å². The van der Waals surface area contributed by atoms with Gasteiger partial charge in [0, 0.05) is 36.5 Å². The number of halogens is 1. The van der Waals surface area contributed by atoms with Gasteiger partial charge in [-0.3, -0.25) is 24.6 Å². The number of likely N-dealkylation sites (tertiary alicyclic amines) is 1. The molecule has 2 aromatic rings. The lowest BCUT2D eigenvalue weighted by atomic mass is 9.76. The molecule has 5 atom stereocenters. The molecule has 2 aromatic carbocycles. The largest absolute Gasteiger partial charge is 0.387 e. The number of amides is 3. The minimum absolute atomic E-state index is 0.196. The van der Waals surface area contributed by atoms with Crippen LogP contribution in [0.25, 0.3) is 0 Å². The average molecular weight is 470 g/mol. The van der Waals surface area contributed by atoms with Crippen molar-refractivity contribution in [1.82, 2.24) is 10.2 Å². The summed E-state index contributed by atoms with van der Waals surface area (Å²) in [7, 11) is 1.56. The number of hydrogen-bond donors (Lipinski definition) is 3. The van der Waals surface area contributed by atoms with E-state index in [-0.39, 0.29) is 12.5 Å². The van der Waals surface area contributed by atoms with Gasteiger partial charge < -0.3 is 15.2 Å². The SMILES string of the molecule is COCCCN1C(=O)[C@@H]2[C@@H]([C@H](O)c3ccc(Cl)cc3)N[C@@]3(C(=O)Nc4ccccc43)[C@@H]2C1=O. The molecule has 33 heavy (non-hydrogen) atoms. The van der Waals surface area contributed by atoms with Gasteiger partial charge in [-0.1, -0.05) is 41.9 Å². The molecule has 3 aliphatic heterocycles. The Kier molecular flexibility index (Phi) is 5.49. The lowest BCUT2D eigenvalue weighted by Crippen LogP contribution is -2.54. The van der Waals surface area contributed by atoms with Gasteiger partial charge in [-0.2, -0.15) is 0 Å². The molecule has 1 spiro atoms. The quantitative estimate of drug-likeness (QED) is 0.440. The number of carbonyl (C=O) groups is 3. The van der Waals surface area contributed by atoms with Gasteiger partial charge in [-0.05, 0) is 30.2 Å². The van der Waals surface area contributed by atoms with E-state index < -0.39 is 41.3 Å². The van der Waals surface area contributed by atoms with Gasteiger partial charge >= 0.3 is 0 Å². The van der Waals surface area contributed by atoms with Gasteiger partial charge in [-0.25, -0.2) is 0 Å². The molecule has 172 valence electrons. The lowest BCUT2D eigenvalue weighted by molar-refractivity contribution is -0.143. The second kappa shape index (κ2) is 8.22. The molecule has 0 unspecified atom stereocenters. The molecule has 2 saturated heterocycles. The molecule has 3 amide bonds. The molecule has 0 aromatic heterocycles. The summed E-state index contributed by atoms with van der Waals surface area (Å²) in [6, 6.07) is 12.9. The highest BCUT2D eigenvalue weighted by Gasteiger charge is 2.71. The number of carbonyl (C=O) groups excluding carboxylic acids is 3. The molecule has 3 heterocycles. The molecule has 0 saturated carbocycles. The fourth-order valence-corrected chi connectivity index (χ4v) is 5.60. The number of rotatable bonds is 6. The van der Waals surface area contributed by atoms with Gasteiger partial charge in [0.05, 0.1) is 24.0 Å². The molecule has 0 bridgehead atoms. The van der Waals surface area contributed by atoms with Crippen LogP contribution in [0.15, 0.2) is 48.5 Å². The maximum atomic E-state index is 13.6. The molecule has 0 aliphatic carbocycles. The number of benzene rings is 2. The van der Waals surface area contributed by atoms with Crippen LogP contribution in [-0.4, -0.2) is 54.0 Å². The Labute approximate surface area is 195 Å². The van der Waals surface area contributed by atoms with Gasteiger partial charge in [0.15, 0.2) is 0 Å². The summed E-state index contributed by atoms with van der Waals surface area (Å²) in [5.74, 6) is -3.07. The smallest absolute Gasteiger partial charge is 0.250 e. The summed E-state index contributed by atoms with van der Waals surface area (Å²) >= 11 is 5.99. The summed E-state index contributed by atoms with van der Waals surface area (Å²) in [4.78, 5) is 41.7. The minimum Gasteiger partial charge on any atom is -0.387 e. The topological polar surface area (TPSA) is 108 Å². The number of nitrogens with zero attached hydrogens (tertiary/aromatic N) is 1. The van der Waals surface area contributed by atoms with E-state index >= 15 is 0 Å². The van der Waals surface area contributed by atoms with Crippen LogP contribution in [0, 0.1) is 11.8 Å². The number of fused-ring (bicyclic) bond motifs is 4. The summed E-state index contributed by atoms with van der Waals surface area (Å²) in [5, 5.41) is 17.9. The van der Waals surface area contributed by atoms with Crippen LogP contribution in [0.4, 0.5) is 5.69 Å². The van der Waals surface area contributed by atoms with Crippen molar-refractivity contribution in [2.45, 2.75) is 24.1 Å². The number of imide groups is 1. The zero-order valence-electron chi connectivity index (χ0n) is 18.0. The van der Waals surface area contributed by atoms with Crippen molar-refractivity contribution >= 4 is 35.0 Å². The Hall–Kier alpha value is -2.78. The van der Waals surface area contributed by atoms with Crippen LogP contribution in [0.5, 0.6) is 0 Å². The van der Waals surface area contributed by atoms with E-state index in [4.69, 9.17) is 16.3 Å². The predicted octanol–water partition coefficient (Wildman–Crippen LogP) is 1.83. The van der Waals surface area contributed by atoms with Crippen molar-refractivity contribution in [2.24, 2.45) is 11.8 Å². The van der Waals surface area contributed by atoms with Crippen molar-refractivity contribution in [2.75, 3.05) is 25.6 Å². The number of hydrogen-bond acceptors (Lipinski definition) is 6. The van der Waals surface area contributed by atoms with E-state index in [0.717, 1.165) is 0 Å². The Morgan fingerprint density at radius 3 is 2.58 bits per heavy atom. The fraction of sp³-hybridized carbons (Fsp3) is 0.375. The minimum atomic E-state index is -1.44. The van der Waals surface area contributed by atoms with E-state index in [0.29, 0.717) is 34.9 Å². The van der Waals surface area contributed by atoms with E-state index in [1.165, 1.54) is 4.90 Å². The van der Waals surface area contributed by atoms with Crippen LogP contribution < -0.4 is 10.6 Å². The third-order valence-electron chi connectivity index (χ3n) is 6.93. The highest BCUT2D eigenvalue weighted by Crippen LogP contribution is 2.54. The Balaban J connectivity index is 1.60. The molecular weight excluding hydrogens is 446 g/mol. The van der Waals surface area contributed by atoms with Gasteiger partial charge in [0.25, 0.3) is 0 Å². The first-order valence-electron chi connectivity index (χ1n) is 10.9. The number of anilines is 1. The van der Waals surface area contributed by atoms with E-state index in [9.17, 15) is 19.5 Å². The van der Waals surface area contributed by atoms with Crippen LogP contribution in [-0.2, 0) is 24.7 Å². The Morgan fingerprint density at radius 2 is 1.85 bits per heavy atom. The number of para-hydroxylation sites is 1. The monoisotopic (exact) mass is 469 g/mol. The number of methoxy groups -OCH3 is 1. The second-order valence-electron chi connectivity index (χ2n) is 8.65. The lowest BCUT2D eigenvalue weighted by Gasteiger charge is -2.30. The number of aliphatic hydroxyl groups excluding tert-OH is 1. The molecule has 0 radical (unpaired) electrons. The van der Waals surface area contributed by atoms with Crippen molar-refractivity contribution in [3.63, 3.8) is 0 Å². The summed E-state index contributed by atoms with van der Waals surface area (Å²) in [6.07, 6.45) is -0.647. The highest BCUT2D eigenvalue weighted by molar-refractivity contribution is 6.30. The molecule has 9 heteroatoms. The average Bonchev–Trinajstić information content (AvgIpc) is 3.40. The zero-order valence-corrected chi connectivity index (χ0v) is 18.7. The predicted molar refractivity (Wildman–Crippen MR) is 120 cm³/mol. The first-order valence-corrected chi connectivity index (χ1v) is 11.2. The van der Waals surface area contributed by atoms with Crippen LogP contribution in [0.2, 0.25) is 5.02 Å². The number of aliphatic hydroxyl groups is 1. The molecule has 3 aliphatic rings. The molecule has 8 nitrogen and oxygen atoms in total. The Morgan fingerprint density at radius 1 is 1.12 bits per heavy atom. The third-order valence-corrected chi connectivity index (χ3v) is 7.18. The summed E-state index contributed by atoms with van der Waals surface area (Å²) in [6.45, 7) is 0.595. The van der Waals surface area contributed by atoms with E-state index in [2.05, 4.69) is 10.6 Å². The first-order chi connectivity index (χ1) is 15.9. The molecule has 5 rings (SSSR count). The molecular formula is C24H24ClN3O5. The van der Waals surface area contributed by atoms with Gasteiger partial charge in [0.2, 0.25) is 17.7 Å². The van der Waals surface area contributed by atoms with Crippen molar-refractivity contribution in [3.8, 4) is 0 Å². The maximum Gasteiger partial charge on any atom is 0.250 e. The van der Waals surface area contributed by atoms with Crippen molar-refractivity contribution in [3.05, 3.63) is 64.7 Å². The molecule has 3 N–H and O–H groups in total. The van der Waals surface area contributed by atoms with Crippen LogP contribution in [0.3, 0.4) is 0 Å². The number of nitrogens with one attached hydrogen (secondary N) is 2. The standard InChI is InChI=1S/C24H24ClN3O5/c1-33-12-4-11-28-21(30)17-18(22(28)31)24(15-5-2-3-6-16(15)26-23(24)32)27-19(17)20(29)13-7-9-14(25)10-8-13/h2-3,5-10,17-20,27,29H,4,11-12H2,1H3,(H,26,32)/t17-,18-,19-,20+,24+/m0/s1. The second-order valence-corrected chi connectivity index (χ2v) is 9.09. The first kappa shape index (κ1) is 22.0. The third kappa shape index (κ3) is 3.20. The van der Waals surface area contributed by atoms with E-state index in [1.807, 2.05) is 0 Å². The normalized spacial score (nSPS) is 28.9. The zero-order chi connectivity index (χ0) is 23.3. The van der Waals surface area contributed by atoms with Gasteiger partial charge in [0.1, 0.15) is 5.54 Å². The fourth-order valence-electron chi connectivity index (χ4n) is 5.47. The molecule has 2 fully saturated rings. The Bertz CT molecular complexity index is 1120. The number of ether oxygens (including phenoxy) is 1. The highest BCUT2D eigenvalue weighted by atomic mass is 35.5. The van der Waals surface area contributed by atoms with Gasteiger partial charge in [-0.15, -0.1) is 0 Å². The van der Waals surface area contributed by atoms with E-state index in [1.54, 1.807) is 55.6 Å². The summed E-state index contributed by atoms with van der Waals surface area (Å²) in [5.41, 5.74) is 0.295. The summed E-state index contributed by atoms with van der Waals surface area (Å²) < 4.78 is 5.07. The maximum absolute atomic E-state index is 13.6. The van der Waals surface area contributed by atoms with Crippen LogP contribution >= 0.6 is 11.6 Å². The van der Waals surface area contributed by atoms with Crippen molar-refractivity contribution < 1.29 is 24.2 Å².